The fraction of sp³-hybridized carbons (Fsp3) is 0.333. The SMILES string of the molecule is Cc1oc(-c2cccnc2)cc1C(Oc1ccccc1C(=O)O)C1CCCCC1. The van der Waals surface area contributed by atoms with Gasteiger partial charge in [0.2, 0.25) is 0 Å². The molecule has 4 rings (SSSR count). The second-order valence-electron chi connectivity index (χ2n) is 7.60. The molecule has 0 aliphatic heterocycles. The second kappa shape index (κ2) is 8.52. The first kappa shape index (κ1) is 19.2. The standard InChI is InChI=1S/C24H25NO4/c1-16-20(14-22(28-16)18-10-7-13-25-15-18)23(17-8-3-2-4-9-17)29-21-12-6-5-11-19(21)24(26)27/h5-7,10-15,17,23H,2-4,8-9H2,1H3,(H,26,27). The van der Waals surface area contributed by atoms with Crippen molar-refractivity contribution in [2.24, 2.45) is 5.92 Å². The van der Waals surface area contributed by atoms with Crippen LogP contribution in [0.1, 0.15) is 59.9 Å². The minimum absolute atomic E-state index is 0.182. The molecule has 2 heterocycles. The Morgan fingerprint density at radius 1 is 1.17 bits per heavy atom. The number of aryl methyl sites for hydroxylation is 1. The second-order valence-corrected chi connectivity index (χ2v) is 7.60. The molecule has 1 N–H and O–H groups in total. The molecule has 1 aliphatic carbocycles. The average molecular weight is 391 g/mol. The number of carbonyl (C=O) groups is 1. The highest BCUT2D eigenvalue weighted by Gasteiger charge is 2.31. The average Bonchev–Trinajstić information content (AvgIpc) is 3.15. The van der Waals surface area contributed by atoms with E-state index in [-0.39, 0.29) is 11.7 Å². The van der Waals surface area contributed by atoms with E-state index < -0.39 is 5.97 Å². The normalized spacial score (nSPS) is 15.8. The summed E-state index contributed by atoms with van der Waals surface area (Å²) in [4.78, 5) is 15.8. The summed E-state index contributed by atoms with van der Waals surface area (Å²) in [7, 11) is 0. The van der Waals surface area contributed by atoms with Gasteiger partial charge in [0.05, 0.1) is 0 Å². The van der Waals surface area contributed by atoms with Gasteiger partial charge in [-0.05, 0) is 50.1 Å². The fourth-order valence-electron chi connectivity index (χ4n) is 4.16. The first-order chi connectivity index (χ1) is 14.1. The lowest BCUT2D eigenvalue weighted by molar-refractivity contribution is 0.0675. The summed E-state index contributed by atoms with van der Waals surface area (Å²) in [6, 6.07) is 12.7. The van der Waals surface area contributed by atoms with Gasteiger partial charge in [-0.25, -0.2) is 4.79 Å². The number of furan rings is 1. The molecule has 150 valence electrons. The molecule has 0 bridgehead atoms. The van der Waals surface area contributed by atoms with E-state index in [2.05, 4.69) is 4.98 Å². The molecule has 29 heavy (non-hydrogen) atoms. The first-order valence-corrected chi connectivity index (χ1v) is 10.1. The van der Waals surface area contributed by atoms with Crippen LogP contribution in [0.15, 0.2) is 59.3 Å². The van der Waals surface area contributed by atoms with E-state index >= 15 is 0 Å². The lowest BCUT2D eigenvalue weighted by Crippen LogP contribution is -2.22. The number of para-hydroxylation sites is 1. The molecule has 0 radical (unpaired) electrons. The molecule has 1 fully saturated rings. The summed E-state index contributed by atoms with van der Waals surface area (Å²) < 4.78 is 12.5. The predicted octanol–water partition coefficient (Wildman–Crippen LogP) is 6.05. The lowest BCUT2D eigenvalue weighted by Gasteiger charge is -2.31. The minimum atomic E-state index is -0.983. The number of hydrogen-bond acceptors (Lipinski definition) is 4. The van der Waals surface area contributed by atoms with E-state index in [4.69, 9.17) is 9.15 Å². The fourth-order valence-corrected chi connectivity index (χ4v) is 4.16. The Hall–Kier alpha value is -3.08. The molecule has 1 unspecified atom stereocenters. The van der Waals surface area contributed by atoms with E-state index in [1.165, 1.54) is 6.42 Å². The molecular weight excluding hydrogens is 366 g/mol. The highest BCUT2D eigenvalue weighted by atomic mass is 16.5. The van der Waals surface area contributed by atoms with Gasteiger partial charge < -0.3 is 14.3 Å². The topological polar surface area (TPSA) is 72.6 Å². The molecule has 0 saturated heterocycles. The van der Waals surface area contributed by atoms with Crippen LogP contribution in [-0.2, 0) is 0 Å². The van der Waals surface area contributed by atoms with Crippen LogP contribution in [0.5, 0.6) is 5.75 Å². The van der Waals surface area contributed by atoms with Gasteiger partial charge >= 0.3 is 5.97 Å². The van der Waals surface area contributed by atoms with Crippen LogP contribution in [0.3, 0.4) is 0 Å². The number of aromatic nitrogens is 1. The highest BCUT2D eigenvalue weighted by molar-refractivity contribution is 5.90. The van der Waals surface area contributed by atoms with Gasteiger partial charge in [0.15, 0.2) is 0 Å². The zero-order chi connectivity index (χ0) is 20.2. The summed E-state index contributed by atoms with van der Waals surface area (Å²) in [5, 5.41) is 9.56. The van der Waals surface area contributed by atoms with Crippen molar-refractivity contribution in [1.82, 2.24) is 4.98 Å². The lowest BCUT2D eigenvalue weighted by atomic mass is 9.82. The van der Waals surface area contributed by atoms with Crippen LogP contribution in [-0.4, -0.2) is 16.1 Å². The Kier molecular flexibility index (Phi) is 5.65. The predicted molar refractivity (Wildman–Crippen MR) is 110 cm³/mol. The van der Waals surface area contributed by atoms with Gasteiger partial charge in [-0.15, -0.1) is 0 Å². The first-order valence-electron chi connectivity index (χ1n) is 10.1. The van der Waals surface area contributed by atoms with E-state index in [1.807, 2.05) is 31.2 Å². The number of hydrogen-bond donors (Lipinski definition) is 1. The Balaban J connectivity index is 1.72. The third kappa shape index (κ3) is 4.19. The molecule has 0 spiro atoms. The number of ether oxygens (including phenoxy) is 1. The number of aromatic carboxylic acids is 1. The Bertz CT molecular complexity index is 974. The van der Waals surface area contributed by atoms with E-state index in [9.17, 15) is 9.90 Å². The zero-order valence-electron chi connectivity index (χ0n) is 16.5. The number of carboxylic acid groups (broad SMARTS) is 1. The van der Waals surface area contributed by atoms with Gasteiger partial charge in [0, 0.05) is 29.4 Å². The summed E-state index contributed by atoms with van der Waals surface area (Å²) in [5.41, 5.74) is 2.08. The summed E-state index contributed by atoms with van der Waals surface area (Å²) in [5.74, 6) is 1.29. The van der Waals surface area contributed by atoms with Crippen LogP contribution < -0.4 is 4.74 Å². The van der Waals surface area contributed by atoms with Crippen molar-refractivity contribution in [3.8, 4) is 17.1 Å². The summed E-state index contributed by atoms with van der Waals surface area (Å²) in [6.07, 6.45) is 8.95. The van der Waals surface area contributed by atoms with Crippen LogP contribution in [0.25, 0.3) is 11.3 Å². The smallest absolute Gasteiger partial charge is 0.339 e. The third-order valence-electron chi connectivity index (χ3n) is 5.66. The Morgan fingerprint density at radius 2 is 1.97 bits per heavy atom. The van der Waals surface area contributed by atoms with Gasteiger partial charge in [0.25, 0.3) is 0 Å². The van der Waals surface area contributed by atoms with Crippen molar-refractivity contribution in [2.45, 2.75) is 45.1 Å². The van der Waals surface area contributed by atoms with Gasteiger partial charge in [-0.2, -0.15) is 0 Å². The molecule has 3 aromatic rings. The van der Waals surface area contributed by atoms with Crippen LogP contribution in [0, 0.1) is 12.8 Å². The van der Waals surface area contributed by atoms with Crippen molar-refractivity contribution in [1.29, 1.82) is 0 Å². The van der Waals surface area contributed by atoms with Crippen molar-refractivity contribution in [2.75, 3.05) is 0 Å². The maximum atomic E-state index is 11.7. The Morgan fingerprint density at radius 3 is 2.69 bits per heavy atom. The number of benzene rings is 1. The molecule has 5 nitrogen and oxygen atoms in total. The molecule has 2 aromatic heterocycles. The molecule has 5 heteroatoms. The van der Waals surface area contributed by atoms with Crippen LogP contribution in [0.2, 0.25) is 0 Å². The summed E-state index contributed by atoms with van der Waals surface area (Å²) in [6.45, 7) is 1.94. The molecule has 0 amide bonds. The Labute approximate surface area is 170 Å². The maximum Gasteiger partial charge on any atom is 0.339 e. The van der Waals surface area contributed by atoms with Crippen LogP contribution >= 0.6 is 0 Å². The van der Waals surface area contributed by atoms with Crippen molar-refractivity contribution in [3.05, 3.63) is 71.7 Å². The highest BCUT2D eigenvalue weighted by Crippen LogP contribution is 2.41. The number of nitrogens with zero attached hydrogens (tertiary/aromatic N) is 1. The van der Waals surface area contributed by atoms with E-state index in [1.54, 1.807) is 30.6 Å². The largest absolute Gasteiger partial charge is 0.484 e. The van der Waals surface area contributed by atoms with Gasteiger partial charge in [-0.1, -0.05) is 31.4 Å². The van der Waals surface area contributed by atoms with Crippen LogP contribution in [0.4, 0.5) is 0 Å². The van der Waals surface area contributed by atoms with Gasteiger partial charge in [-0.3, -0.25) is 4.98 Å². The molecule has 1 aliphatic rings. The number of carboxylic acids is 1. The maximum absolute atomic E-state index is 11.7. The van der Waals surface area contributed by atoms with Gasteiger partial charge in [0.1, 0.15) is 28.9 Å². The minimum Gasteiger partial charge on any atom is -0.484 e. The molecular formula is C24H25NO4. The third-order valence-corrected chi connectivity index (χ3v) is 5.66. The van der Waals surface area contributed by atoms with Crippen molar-refractivity contribution in [3.63, 3.8) is 0 Å². The monoisotopic (exact) mass is 391 g/mol. The quantitative estimate of drug-likeness (QED) is 0.554. The zero-order valence-corrected chi connectivity index (χ0v) is 16.5. The number of pyridine rings is 1. The van der Waals surface area contributed by atoms with E-state index in [0.29, 0.717) is 11.7 Å². The molecule has 1 saturated carbocycles. The van der Waals surface area contributed by atoms with Crippen molar-refractivity contribution >= 4 is 5.97 Å². The van der Waals surface area contributed by atoms with E-state index in [0.717, 1.165) is 48.3 Å². The summed E-state index contributed by atoms with van der Waals surface area (Å²) >= 11 is 0. The molecule has 1 atom stereocenters. The van der Waals surface area contributed by atoms with Crippen molar-refractivity contribution < 1.29 is 19.1 Å². The number of rotatable bonds is 6. The molecule has 1 aromatic carbocycles.